The van der Waals surface area contributed by atoms with Crippen molar-refractivity contribution in [3.63, 3.8) is 0 Å². The molecule has 1 aliphatic heterocycles. The quantitative estimate of drug-likeness (QED) is 0.644. The number of nitrogen functional groups attached to an aromatic ring is 1. The van der Waals surface area contributed by atoms with E-state index in [1.807, 2.05) is 13.8 Å². The molecule has 5 heteroatoms. The minimum atomic E-state index is -0.0503. The van der Waals surface area contributed by atoms with Crippen molar-refractivity contribution >= 4 is 34.3 Å². The van der Waals surface area contributed by atoms with Gasteiger partial charge in [0.2, 0.25) is 0 Å². The van der Waals surface area contributed by atoms with Gasteiger partial charge in [0.05, 0.1) is 22.4 Å². The Morgan fingerprint density at radius 2 is 1.78 bits per heavy atom. The van der Waals surface area contributed by atoms with Crippen LogP contribution >= 0.6 is 0 Å². The summed E-state index contributed by atoms with van der Waals surface area (Å²) in [6, 6.07) is 8.90. The molecule has 160 valence electrons. The molecular weight excluding hydrogens is 394 g/mol. The van der Waals surface area contributed by atoms with Gasteiger partial charge in [-0.2, -0.15) is 10.5 Å². The van der Waals surface area contributed by atoms with Gasteiger partial charge in [-0.15, -0.1) is 0 Å². The van der Waals surface area contributed by atoms with Gasteiger partial charge in [0.15, 0.2) is 0 Å². The molecule has 32 heavy (non-hydrogen) atoms. The van der Waals surface area contributed by atoms with Crippen molar-refractivity contribution in [3.05, 3.63) is 62.9 Å². The number of hydrogen-bond donors (Lipinski definition) is 1. The number of fused-ring (bicyclic) bond motifs is 2. The van der Waals surface area contributed by atoms with Crippen LogP contribution in [0.15, 0.2) is 23.8 Å². The molecule has 0 saturated carbocycles. The number of benzene rings is 1. The Hall–Kier alpha value is -3.83. The molecule has 2 N–H and O–H groups in total. The third kappa shape index (κ3) is 2.93. The fourth-order valence-corrected chi connectivity index (χ4v) is 4.82. The molecule has 0 unspecified atom stereocenters. The number of nitrogens with zero attached hydrogens (tertiary/aromatic N) is 4. The van der Waals surface area contributed by atoms with Gasteiger partial charge in [-0.3, -0.25) is 0 Å². The van der Waals surface area contributed by atoms with Crippen LogP contribution in [0, 0.1) is 36.5 Å². The molecule has 0 amide bonds. The molecule has 5 nitrogen and oxygen atoms in total. The normalized spacial score (nSPS) is 17.6. The van der Waals surface area contributed by atoms with Crippen LogP contribution in [0.3, 0.4) is 0 Å². The molecule has 0 atom stereocenters. The first kappa shape index (κ1) is 21.4. The number of hydrogen-bond acceptors (Lipinski definition) is 5. The number of allylic oxidation sites excluding steroid dienone is 4. The number of aryl methyl sites for hydroxylation is 1. The lowest BCUT2D eigenvalue weighted by Gasteiger charge is -2.41. The average molecular weight is 422 g/mol. The van der Waals surface area contributed by atoms with E-state index in [1.54, 1.807) is 0 Å². The van der Waals surface area contributed by atoms with Crippen LogP contribution in [-0.2, 0) is 0 Å². The Kier molecular flexibility index (Phi) is 4.75. The van der Waals surface area contributed by atoms with Crippen LogP contribution < -0.4 is 10.6 Å². The van der Waals surface area contributed by atoms with Gasteiger partial charge in [0.25, 0.3) is 0 Å². The number of likely N-dealkylation sites (N-methyl/N-ethyl adjacent to an activating group) is 1. The van der Waals surface area contributed by atoms with Crippen molar-refractivity contribution in [1.82, 2.24) is 4.98 Å². The molecule has 0 radical (unpaired) electrons. The number of anilines is 2. The van der Waals surface area contributed by atoms with E-state index < -0.39 is 0 Å². The van der Waals surface area contributed by atoms with Crippen molar-refractivity contribution < 1.29 is 0 Å². The summed E-state index contributed by atoms with van der Waals surface area (Å²) >= 11 is 0. The highest BCUT2D eigenvalue weighted by atomic mass is 15.2. The number of pyridine rings is 1. The van der Waals surface area contributed by atoms with E-state index in [0.717, 1.165) is 33.4 Å². The molecule has 0 spiro atoms. The number of rotatable bonds is 1. The van der Waals surface area contributed by atoms with Crippen LogP contribution in [0.5, 0.6) is 0 Å². The zero-order valence-corrected chi connectivity index (χ0v) is 19.7. The number of nitrogens with two attached hydrogens (primary N) is 1. The molecule has 2 heterocycles. The molecule has 2 aliphatic rings. The lowest BCUT2D eigenvalue weighted by Crippen LogP contribution is -2.42. The van der Waals surface area contributed by atoms with Crippen molar-refractivity contribution in [1.29, 1.82) is 10.5 Å². The van der Waals surface area contributed by atoms with Crippen LogP contribution in [0.4, 0.5) is 11.5 Å². The minimum Gasteiger partial charge on any atom is -0.383 e. The average Bonchev–Trinajstić information content (AvgIpc) is 2.98. The topological polar surface area (TPSA) is 89.7 Å². The first-order valence-corrected chi connectivity index (χ1v) is 10.6. The summed E-state index contributed by atoms with van der Waals surface area (Å²) in [7, 11) is 2.13. The molecule has 0 fully saturated rings. The monoisotopic (exact) mass is 421 g/mol. The lowest BCUT2D eigenvalue weighted by atomic mass is 9.86. The van der Waals surface area contributed by atoms with Gasteiger partial charge in [-0.05, 0) is 93.2 Å². The van der Waals surface area contributed by atoms with Gasteiger partial charge in [-0.1, -0.05) is 6.08 Å². The summed E-state index contributed by atoms with van der Waals surface area (Å²) < 4.78 is 0. The summed E-state index contributed by atoms with van der Waals surface area (Å²) in [5, 5.41) is 19.4. The van der Waals surface area contributed by atoms with Crippen LogP contribution in [-0.4, -0.2) is 17.6 Å². The van der Waals surface area contributed by atoms with Gasteiger partial charge in [-0.25, -0.2) is 4.98 Å². The van der Waals surface area contributed by atoms with Gasteiger partial charge in [0.1, 0.15) is 18.0 Å². The van der Waals surface area contributed by atoms with E-state index in [2.05, 4.69) is 81.0 Å². The SMILES string of the molecule is CC1=CC(C)(C)N(C)c2cc(C)c(/C=C3/C(C)=C(C#N)c4nc(N)c(C#N)c(C)c43)cc21. The first-order valence-electron chi connectivity index (χ1n) is 10.6. The Morgan fingerprint density at radius 1 is 1.09 bits per heavy atom. The highest BCUT2D eigenvalue weighted by molar-refractivity contribution is 6.09. The predicted octanol–water partition coefficient (Wildman–Crippen LogP) is 5.64. The maximum atomic E-state index is 9.81. The van der Waals surface area contributed by atoms with E-state index in [-0.39, 0.29) is 11.4 Å². The van der Waals surface area contributed by atoms with Crippen molar-refractivity contribution in [2.45, 2.75) is 47.1 Å². The maximum absolute atomic E-state index is 9.81. The van der Waals surface area contributed by atoms with E-state index in [1.165, 1.54) is 16.8 Å². The Morgan fingerprint density at radius 3 is 2.41 bits per heavy atom. The Bertz CT molecular complexity index is 1370. The van der Waals surface area contributed by atoms with Crippen molar-refractivity contribution in [2.24, 2.45) is 0 Å². The van der Waals surface area contributed by atoms with Crippen molar-refractivity contribution in [3.8, 4) is 12.1 Å². The minimum absolute atomic E-state index is 0.0503. The standard InChI is InChI=1S/C27H27N5/c1-14-8-23-19(15(2)11-27(5,6)32(23)7)9-18(14)10-20-16(3)21(12-28)25-24(20)17(4)22(13-29)26(30)31-25/h8-11H,1-7H3,(H2,30,31)/b20-10-. The number of nitriles is 2. The fraction of sp³-hybridized carbons (Fsp3) is 0.296. The summed E-state index contributed by atoms with van der Waals surface area (Å²) in [6.45, 7) is 12.5. The lowest BCUT2D eigenvalue weighted by molar-refractivity contribution is 0.597. The fourth-order valence-electron chi connectivity index (χ4n) is 4.82. The molecule has 1 aromatic heterocycles. The molecule has 1 aliphatic carbocycles. The van der Waals surface area contributed by atoms with E-state index in [0.29, 0.717) is 16.8 Å². The third-order valence-electron chi connectivity index (χ3n) is 6.89. The van der Waals surface area contributed by atoms with Gasteiger partial charge < -0.3 is 10.6 Å². The maximum Gasteiger partial charge on any atom is 0.142 e. The second kappa shape index (κ2) is 7.11. The summed E-state index contributed by atoms with van der Waals surface area (Å²) in [6.07, 6.45) is 4.41. The molecule has 4 rings (SSSR count). The van der Waals surface area contributed by atoms with E-state index in [9.17, 15) is 10.5 Å². The molecule has 1 aromatic carbocycles. The number of aromatic nitrogens is 1. The summed E-state index contributed by atoms with van der Waals surface area (Å²) in [5.41, 5.74) is 16.7. The zero-order valence-electron chi connectivity index (χ0n) is 19.7. The molecular formula is C27H27N5. The molecule has 0 bridgehead atoms. The highest BCUT2D eigenvalue weighted by Crippen LogP contribution is 2.45. The molecule has 0 saturated heterocycles. The zero-order chi connectivity index (χ0) is 23.5. The van der Waals surface area contributed by atoms with Crippen molar-refractivity contribution in [2.75, 3.05) is 17.7 Å². The summed E-state index contributed by atoms with van der Waals surface area (Å²) in [5.74, 6) is 0.168. The van der Waals surface area contributed by atoms with Crippen LogP contribution in [0.25, 0.3) is 22.8 Å². The van der Waals surface area contributed by atoms with E-state index in [4.69, 9.17) is 5.73 Å². The van der Waals surface area contributed by atoms with E-state index >= 15 is 0 Å². The van der Waals surface area contributed by atoms with Gasteiger partial charge in [0, 0.05) is 23.9 Å². The highest BCUT2D eigenvalue weighted by Gasteiger charge is 2.31. The second-order valence-electron chi connectivity index (χ2n) is 9.27. The Labute approximate surface area is 189 Å². The Balaban J connectivity index is 1.98. The van der Waals surface area contributed by atoms with Gasteiger partial charge >= 0.3 is 0 Å². The van der Waals surface area contributed by atoms with Crippen LogP contribution in [0.1, 0.15) is 66.8 Å². The summed E-state index contributed by atoms with van der Waals surface area (Å²) in [4.78, 5) is 6.73. The molecule has 2 aromatic rings. The predicted molar refractivity (Wildman–Crippen MR) is 131 cm³/mol. The van der Waals surface area contributed by atoms with Crippen LogP contribution in [0.2, 0.25) is 0 Å². The smallest absolute Gasteiger partial charge is 0.142 e. The largest absolute Gasteiger partial charge is 0.383 e. The third-order valence-corrected chi connectivity index (χ3v) is 6.89. The second-order valence-corrected chi connectivity index (χ2v) is 9.27. The first-order chi connectivity index (χ1) is 15.0.